The lowest BCUT2D eigenvalue weighted by Crippen LogP contribution is -2.16. The van der Waals surface area contributed by atoms with Crippen LogP contribution in [-0.4, -0.2) is 18.8 Å². The molecular formula is C16H24O3. The van der Waals surface area contributed by atoms with Gasteiger partial charge in [-0.25, -0.2) is 0 Å². The molecule has 0 unspecified atom stereocenters. The van der Waals surface area contributed by atoms with Gasteiger partial charge in [-0.1, -0.05) is 19.3 Å². The molecule has 0 aliphatic heterocycles. The molecule has 0 aromatic heterocycles. The number of rotatable bonds is 5. The van der Waals surface area contributed by atoms with Crippen molar-refractivity contribution in [2.45, 2.75) is 45.1 Å². The first-order valence-electron chi connectivity index (χ1n) is 7.19. The van der Waals surface area contributed by atoms with Gasteiger partial charge in [0.1, 0.15) is 11.5 Å². The second kappa shape index (κ2) is 6.80. The van der Waals surface area contributed by atoms with Gasteiger partial charge in [-0.3, -0.25) is 0 Å². The number of ether oxygens (including phenoxy) is 2. The number of aliphatic hydroxyl groups is 1. The highest BCUT2D eigenvalue weighted by atomic mass is 16.5. The van der Waals surface area contributed by atoms with Gasteiger partial charge in [0.05, 0.1) is 19.8 Å². The van der Waals surface area contributed by atoms with E-state index in [0.717, 1.165) is 23.7 Å². The molecule has 3 heteroatoms. The molecule has 0 spiro atoms. The van der Waals surface area contributed by atoms with Crippen LogP contribution in [0, 0.1) is 5.92 Å². The fraction of sp³-hybridized carbons (Fsp3) is 0.625. The quantitative estimate of drug-likeness (QED) is 0.881. The number of hydrogen-bond acceptors (Lipinski definition) is 3. The van der Waals surface area contributed by atoms with Crippen molar-refractivity contribution in [3.05, 3.63) is 23.8 Å². The molecule has 2 rings (SSSR count). The Morgan fingerprint density at radius 2 is 2.00 bits per heavy atom. The van der Waals surface area contributed by atoms with Crippen LogP contribution in [-0.2, 0) is 0 Å². The van der Waals surface area contributed by atoms with E-state index in [4.69, 9.17) is 9.47 Å². The largest absolute Gasteiger partial charge is 0.497 e. The zero-order valence-electron chi connectivity index (χ0n) is 11.9. The Morgan fingerprint density at radius 3 is 2.63 bits per heavy atom. The Kier molecular flexibility index (Phi) is 5.08. The van der Waals surface area contributed by atoms with E-state index in [1.807, 2.05) is 18.2 Å². The number of benzene rings is 1. The van der Waals surface area contributed by atoms with Crippen LogP contribution < -0.4 is 9.47 Å². The highest BCUT2D eigenvalue weighted by molar-refractivity contribution is 5.41. The fourth-order valence-electron chi connectivity index (χ4n) is 2.67. The summed E-state index contributed by atoms with van der Waals surface area (Å²) in [6.07, 6.45) is 5.98. The van der Waals surface area contributed by atoms with Crippen molar-refractivity contribution in [3.8, 4) is 11.5 Å². The average Bonchev–Trinajstić information content (AvgIpc) is 2.45. The van der Waals surface area contributed by atoms with E-state index in [-0.39, 0.29) is 0 Å². The summed E-state index contributed by atoms with van der Waals surface area (Å²) >= 11 is 0. The summed E-state index contributed by atoms with van der Waals surface area (Å²) < 4.78 is 11.2. The van der Waals surface area contributed by atoms with Crippen LogP contribution in [0.15, 0.2) is 18.2 Å². The Labute approximate surface area is 115 Å². The first kappa shape index (κ1) is 14.2. The molecule has 19 heavy (non-hydrogen) atoms. The van der Waals surface area contributed by atoms with Gasteiger partial charge in [-0.15, -0.1) is 0 Å². The molecule has 106 valence electrons. The molecule has 1 aromatic carbocycles. The predicted molar refractivity (Wildman–Crippen MR) is 75.7 cm³/mol. The maximum Gasteiger partial charge on any atom is 0.128 e. The average molecular weight is 264 g/mol. The van der Waals surface area contributed by atoms with Crippen molar-refractivity contribution in [1.29, 1.82) is 0 Å². The van der Waals surface area contributed by atoms with Crippen LogP contribution in [0.2, 0.25) is 0 Å². The van der Waals surface area contributed by atoms with Gasteiger partial charge in [0.2, 0.25) is 0 Å². The highest BCUT2D eigenvalue weighted by Crippen LogP contribution is 2.31. The van der Waals surface area contributed by atoms with E-state index in [1.54, 1.807) is 14.0 Å². The third-order valence-electron chi connectivity index (χ3n) is 3.87. The van der Waals surface area contributed by atoms with Crippen molar-refractivity contribution in [3.63, 3.8) is 0 Å². The second-order valence-corrected chi connectivity index (χ2v) is 5.39. The Bertz CT molecular complexity index is 395. The van der Waals surface area contributed by atoms with Crippen LogP contribution >= 0.6 is 0 Å². The molecule has 0 amide bonds. The Balaban J connectivity index is 2.03. The standard InChI is InChI=1S/C16H24O3/c1-12(17)15-9-8-14(18-2)10-16(15)19-11-13-6-4-3-5-7-13/h8-10,12-13,17H,3-7,11H2,1-2H3/t12-/m0/s1. The van der Waals surface area contributed by atoms with E-state index < -0.39 is 6.10 Å². The van der Waals surface area contributed by atoms with Gasteiger partial charge in [0, 0.05) is 11.6 Å². The van der Waals surface area contributed by atoms with Gasteiger partial charge < -0.3 is 14.6 Å². The lowest BCUT2D eigenvalue weighted by molar-refractivity contribution is 0.177. The van der Waals surface area contributed by atoms with Gasteiger partial charge in [-0.2, -0.15) is 0 Å². The minimum Gasteiger partial charge on any atom is -0.497 e. The van der Waals surface area contributed by atoms with E-state index >= 15 is 0 Å². The monoisotopic (exact) mass is 264 g/mol. The zero-order valence-corrected chi connectivity index (χ0v) is 11.9. The highest BCUT2D eigenvalue weighted by Gasteiger charge is 2.16. The second-order valence-electron chi connectivity index (χ2n) is 5.39. The maximum absolute atomic E-state index is 9.78. The first-order chi connectivity index (χ1) is 9.20. The van der Waals surface area contributed by atoms with Crippen molar-refractivity contribution in [2.24, 2.45) is 5.92 Å². The van der Waals surface area contributed by atoms with Gasteiger partial charge in [0.15, 0.2) is 0 Å². The Morgan fingerprint density at radius 1 is 1.26 bits per heavy atom. The SMILES string of the molecule is COc1ccc([C@H](C)O)c(OCC2CCCCC2)c1. The molecule has 3 nitrogen and oxygen atoms in total. The minimum atomic E-state index is -0.521. The topological polar surface area (TPSA) is 38.7 Å². The van der Waals surface area contributed by atoms with Crippen molar-refractivity contribution < 1.29 is 14.6 Å². The summed E-state index contributed by atoms with van der Waals surface area (Å²) in [6, 6.07) is 5.60. The fourth-order valence-corrected chi connectivity index (χ4v) is 2.67. The van der Waals surface area contributed by atoms with Crippen molar-refractivity contribution in [2.75, 3.05) is 13.7 Å². The van der Waals surface area contributed by atoms with Crippen LogP contribution in [0.4, 0.5) is 0 Å². The molecule has 0 heterocycles. The van der Waals surface area contributed by atoms with Crippen molar-refractivity contribution in [1.82, 2.24) is 0 Å². The summed E-state index contributed by atoms with van der Waals surface area (Å²) in [4.78, 5) is 0. The lowest BCUT2D eigenvalue weighted by Gasteiger charge is -2.23. The van der Waals surface area contributed by atoms with Gasteiger partial charge in [0.25, 0.3) is 0 Å². The van der Waals surface area contributed by atoms with Crippen LogP contribution in [0.5, 0.6) is 11.5 Å². The van der Waals surface area contributed by atoms with Crippen LogP contribution in [0.3, 0.4) is 0 Å². The molecule has 1 aliphatic carbocycles. The summed E-state index contributed by atoms with van der Waals surface area (Å²) in [5, 5.41) is 9.78. The molecule has 0 radical (unpaired) electrons. The molecule has 1 fully saturated rings. The zero-order chi connectivity index (χ0) is 13.7. The maximum atomic E-state index is 9.78. The van der Waals surface area contributed by atoms with Gasteiger partial charge >= 0.3 is 0 Å². The molecular weight excluding hydrogens is 240 g/mol. The van der Waals surface area contributed by atoms with E-state index in [1.165, 1.54) is 32.1 Å². The normalized spacial score (nSPS) is 18.1. The lowest BCUT2D eigenvalue weighted by atomic mass is 9.90. The molecule has 0 bridgehead atoms. The number of aliphatic hydroxyl groups excluding tert-OH is 1. The number of methoxy groups -OCH3 is 1. The summed E-state index contributed by atoms with van der Waals surface area (Å²) in [6.45, 7) is 2.50. The molecule has 1 saturated carbocycles. The first-order valence-corrected chi connectivity index (χ1v) is 7.19. The molecule has 1 aliphatic rings. The molecule has 1 aromatic rings. The predicted octanol–water partition coefficient (Wildman–Crippen LogP) is 3.71. The molecule has 0 saturated heterocycles. The molecule has 1 atom stereocenters. The third-order valence-corrected chi connectivity index (χ3v) is 3.87. The summed E-state index contributed by atoms with van der Waals surface area (Å²) in [5.74, 6) is 2.17. The smallest absolute Gasteiger partial charge is 0.128 e. The van der Waals surface area contributed by atoms with E-state index in [9.17, 15) is 5.11 Å². The summed E-state index contributed by atoms with van der Waals surface area (Å²) in [7, 11) is 1.64. The van der Waals surface area contributed by atoms with Crippen molar-refractivity contribution >= 4 is 0 Å². The van der Waals surface area contributed by atoms with Crippen LogP contribution in [0.1, 0.15) is 50.7 Å². The molecule has 1 N–H and O–H groups in total. The summed E-state index contributed by atoms with van der Waals surface area (Å²) in [5.41, 5.74) is 0.830. The minimum absolute atomic E-state index is 0.521. The number of hydrogen-bond donors (Lipinski definition) is 1. The third kappa shape index (κ3) is 3.87. The van der Waals surface area contributed by atoms with E-state index in [2.05, 4.69) is 0 Å². The van der Waals surface area contributed by atoms with Gasteiger partial charge in [-0.05, 0) is 37.8 Å². The van der Waals surface area contributed by atoms with E-state index in [0.29, 0.717) is 5.92 Å². The van der Waals surface area contributed by atoms with Crippen LogP contribution in [0.25, 0.3) is 0 Å². The Hall–Kier alpha value is -1.22.